The van der Waals surface area contributed by atoms with Crippen molar-refractivity contribution in [2.75, 3.05) is 18.6 Å². The Hall–Kier alpha value is -1.01. The molecule has 14 heavy (non-hydrogen) atoms. The summed E-state index contributed by atoms with van der Waals surface area (Å²) in [4.78, 5) is 10.4. The van der Waals surface area contributed by atoms with Gasteiger partial charge < -0.3 is 14.9 Å². The fourth-order valence-corrected chi connectivity index (χ4v) is 1.23. The van der Waals surface area contributed by atoms with E-state index in [1.54, 1.807) is 11.8 Å². The van der Waals surface area contributed by atoms with Gasteiger partial charge in [-0.3, -0.25) is 0 Å². The van der Waals surface area contributed by atoms with Gasteiger partial charge in [0.25, 0.3) is 0 Å². The summed E-state index contributed by atoms with van der Waals surface area (Å²) in [6.45, 7) is 1.38. The lowest BCUT2D eigenvalue weighted by Gasteiger charge is -1.98. The molecule has 0 aromatic carbocycles. The van der Waals surface area contributed by atoms with Gasteiger partial charge in [0.2, 0.25) is 0 Å². The van der Waals surface area contributed by atoms with E-state index < -0.39 is 5.97 Å². The van der Waals surface area contributed by atoms with Crippen LogP contribution in [0.15, 0.2) is 10.6 Å². The quantitative estimate of drug-likeness (QED) is 0.686. The molecule has 0 saturated heterocycles. The Kier molecular flexibility index (Phi) is 4.48. The lowest BCUT2D eigenvalue weighted by molar-refractivity contribution is 0.0685. The predicted octanol–water partition coefficient (Wildman–Crippen LogP) is 0.825. The zero-order chi connectivity index (χ0) is 10.4. The van der Waals surface area contributed by atoms with Crippen LogP contribution in [0, 0.1) is 0 Å². The molecule has 0 aliphatic heterocycles. The Labute approximate surface area is 85.9 Å². The third kappa shape index (κ3) is 3.39. The first kappa shape index (κ1) is 11.1. The second kappa shape index (κ2) is 5.66. The molecule has 1 rings (SSSR count). The highest BCUT2D eigenvalue weighted by Crippen LogP contribution is 2.02. The van der Waals surface area contributed by atoms with Crippen molar-refractivity contribution in [3.63, 3.8) is 0 Å². The van der Waals surface area contributed by atoms with E-state index in [1.165, 1.54) is 6.07 Å². The molecule has 5 nitrogen and oxygen atoms in total. The first-order valence-corrected chi connectivity index (χ1v) is 5.52. The average molecular weight is 216 g/mol. The number of aromatic carboxylic acids is 1. The van der Waals surface area contributed by atoms with Crippen LogP contribution in [0.4, 0.5) is 0 Å². The van der Waals surface area contributed by atoms with Crippen molar-refractivity contribution in [1.29, 1.82) is 0 Å². The van der Waals surface area contributed by atoms with E-state index in [9.17, 15) is 4.79 Å². The molecule has 0 aliphatic rings. The first-order chi connectivity index (χ1) is 6.74. The van der Waals surface area contributed by atoms with Gasteiger partial charge >= 0.3 is 5.97 Å². The smallest absolute Gasteiger partial charge is 0.358 e. The second-order valence-electron chi connectivity index (χ2n) is 2.65. The van der Waals surface area contributed by atoms with Crippen molar-refractivity contribution < 1.29 is 14.4 Å². The molecule has 1 aromatic heterocycles. The van der Waals surface area contributed by atoms with E-state index in [2.05, 4.69) is 10.5 Å². The summed E-state index contributed by atoms with van der Waals surface area (Å²) in [5.41, 5.74) is -0.0494. The van der Waals surface area contributed by atoms with Crippen LogP contribution in [-0.2, 0) is 6.54 Å². The molecule has 0 amide bonds. The molecular weight excluding hydrogens is 204 g/mol. The number of hydrogen-bond acceptors (Lipinski definition) is 5. The van der Waals surface area contributed by atoms with E-state index >= 15 is 0 Å². The number of nitrogens with one attached hydrogen (secondary N) is 1. The molecule has 1 aromatic rings. The zero-order valence-electron chi connectivity index (χ0n) is 7.82. The van der Waals surface area contributed by atoms with Gasteiger partial charge in [-0.25, -0.2) is 4.79 Å². The Morgan fingerprint density at radius 3 is 3.14 bits per heavy atom. The van der Waals surface area contributed by atoms with Gasteiger partial charge in [-0.2, -0.15) is 11.8 Å². The van der Waals surface area contributed by atoms with Gasteiger partial charge in [-0.05, 0) is 6.26 Å². The predicted molar refractivity (Wildman–Crippen MR) is 53.6 cm³/mol. The van der Waals surface area contributed by atoms with Gasteiger partial charge in [-0.15, -0.1) is 0 Å². The van der Waals surface area contributed by atoms with E-state index in [0.29, 0.717) is 12.3 Å². The molecule has 0 radical (unpaired) electrons. The van der Waals surface area contributed by atoms with Crippen molar-refractivity contribution >= 4 is 17.7 Å². The monoisotopic (exact) mass is 216 g/mol. The number of carbonyl (C=O) groups is 1. The summed E-state index contributed by atoms with van der Waals surface area (Å²) in [7, 11) is 0. The highest BCUT2D eigenvalue weighted by molar-refractivity contribution is 7.98. The molecular formula is C8H12N2O3S. The lowest BCUT2D eigenvalue weighted by atomic mass is 10.3. The summed E-state index contributed by atoms with van der Waals surface area (Å²) < 4.78 is 4.81. The van der Waals surface area contributed by atoms with Crippen LogP contribution in [0.5, 0.6) is 0 Å². The third-order valence-electron chi connectivity index (χ3n) is 1.56. The molecule has 0 atom stereocenters. The zero-order valence-corrected chi connectivity index (χ0v) is 8.63. The molecule has 6 heteroatoms. The SMILES string of the molecule is CSCCNCc1cc(C(=O)O)no1. The molecule has 0 unspecified atom stereocenters. The van der Waals surface area contributed by atoms with Crippen LogP contribution in [0.3, 0.4) is 0 Å². The van der Waals surface area contributed by atoms with Crippen LogP contribution in [0.25, 0.3) is 0 Å². The Balaban J connectivity index is 2.33. The van der Waals surface area contributed by atoms with E-state index in [1.807, 2.05) is 6.26 Å². The maximum atomic E-state index is 10.4. The summed E-state index contributed by atoms with van der Waals surface area (Å²) in [6, 6.07) is 1.43. The molecule has 0 spiro atoms. The van der Waals surface area contributed by atoms with Gasteiger partial charge in [-0.1, -0.05) is 5.16 Å². The van der Waals surface area contributed by atoms with Crippen LogP contribution in [0.2, 0.25) is 0 Å². The van der Waals surface area contributed by atoms with Crippen LogP contribution < -0.4 is 5.32 Å². The summed E-state index contributed by atoms with van der Waals surface area (Å²) in [6.07, 6.45) is 2.03. The van der Waals surface area contributed by atoms with E-state index in [4.69, 9.17) is 9.63 Å². The normalized spacial score (nSPS) is 10.4. The fourth-order valence-electron chi connectivity index (χ4n) is 0.883. The van der Waals surface area contributed by atoms with Crippen molar-refractivity contribution in [3.8, 4) is 0 Å². The number of rotatable bonds is 6. The fraction of sp³-hybridized carbons (Fsp3) is 0.500. The molecule has 0 bridgehead atoms. The maximum Gasteiger partial charge on any atom is 0.358 e. The van der Waals surface area contributed by atoms with Gasteiger partial charge in [0.15, 0.2) is 11.5 Å². The number of carboxylic acids is 1. The first-order valence-electron chi connectivity index (χ1n) is 4.12. The van der Waals surface area contributed by atoms with Crippen LogP contribution in [0.1, 0.15) is 16.2 Å². The molecule has 78 valence electrons. The van der Waals surface area contributed by atoms with Crippen molar-refractivity contribution in [3.05, 3.63) is 17.5 Å². The van der Waals surface area contributed by atoms with Crippen LogP contribution in [-0.4, -0.2) is 34.8 Å². The highest BCUT2D eigenvalue weighted by Gasteiger charge is 2.09. The summed E-state index contributed by atoms with van der Waals surface area (Å²) in [5.74, 6) is 0.493. The average Bonchev–Trinajstić information content (AvgIpc) is 2.61. The minimum absolute atomic E-state index is 0.0494. The molecule has 0 saturated carbocycles. The molecule has 0 fully saturated rings. The summed E-state index contributed by atoms with van der Waals surface area (Å²) in [5, 5.41) is 15.1. The highest BCUT2D eigenvalue weighted by atomic mass is 32.2. The van der Waals surface area contributed by atoms with Crippen molar-refractivity contribution in [1.82, 2.24) is 10.5 Å². The van der Waals surface area contributed by atoms with Crippen molar-refractivity contribution in [2.45, 2.75) is 6.54 Å². The largest absolute Gasteiger partial charge is 0.476 e. The second-order valence-corrected chi connectivity index (χ2v) is 3.64. The van der Waals surface area contributed by atoms with Gasteiger partial charge in [0, 0.05) is 18.4 Å². The Bertz CT molecular complexity index is 301. The maximum absolute atomic E-state index is 10.4. The Morgan fingerprint density at radius 2 is 2.57 bits per heavy atom. The number of thioether (sulfide) groups is 1. The molecule has 1 heterocycles. The number of hydrogen-bond donors (Lipinski definition) is 2. The standard InChI is InChI=1S/C8H12N2O3S/c1-14-3-2-9-5-6-4-7(8(11)12)10-13-6/h4,9H,2-3,5H2,1H3,(H,11,12). The topological polar surface area (TPSA) is 75.4 Å². The number of carboxylic acid groups (broad SMARTS) is 1. The third-order valence-corrected chi connectivity index (χ3v) is 2.17. The number of nitrogens with zero attached hydrogens (tertiary/aromatic N) is 1. The molecule has 0 aliphatic carbocycles. The number of aromatic nitrogens is 1. The van der Waals surface area contributed by atoms with Crippen LogP contribution >= 0.6 is 11.8 Å². The van der Waals surface area contributed by atoms with Crippen molar-refractivity contribution in [2.24, 2.45) is 0 Å². The minimum atomic E-state index is -1.07. The minimum Gasteiger partial charge on any atom is -0.476 e. The molecule has 2 N–H and O–H groups in total. The summed E-state index contributed by atoms with van der Waals surface area (Å²) >= 11 is 1.74. The van der Waals surface area contributed by atoms with E-state index in [-0.39, 0.29) is 5.69 Å². The van der Waals surface area contributed by atoms with Gasteiger partial charge in [0.1, 0.15) is 0 Å². The lowest BCUT2D eigenvalue weighted by Crippen LogP contribution is -2.15. The Morgan fingerprint density at radius 1 is 1.79 bits per heavy atom. The van der Waals surface area contributed by atoms with E-state index in [0.717, 1.165) is 12.3 Å². The van der Waals surface area contributed by atoms with Gasteiger partial charge in [0.05, 0.1) is 6.54 Å².